The summed E-state index contributed by atoms with van der Waals surface area (Å²) in [5.41, 5.74) is 0.104. The highest BCUT2D eigenvalue weighted by atomic mass is 32.1. The molecule has 1 heterocycles. The maximum Gasteiger partial charge on any atom is 0.113 e. The second kappa shape index (κ2) is 5.25. The molecule has 1 aromatic rings. The molecule has 0 amide bonds. The predicted molar refractivity (Wildman–Crippen MR) is 66.7 cm³/mol. The standard InChI is InChI=1S/C12H20N2OS/c1-3-12(10-4-5-10,14-6-8-15-2)11-13-7-9-16-11/h7,9-10,14H,3-6,8H2,1-2H3. The van der Waals surface area contributed by atoms with Crippen LogP contribution >= 0.6 is 11.3 Å². The van der Waals surface area contributed by atoms with Gasteiger partial charge < -0.3 is 10.1 Å². The van der Waals surface area contributed by atoms with Crippen LogP contribution in [0.4, 0.5) is 0 Å². The van der Waals surface area contributed by atoms with Gasteiger partial charge in [-0.3, -0.25) is 0 Å². The molecular formula is C12H20N2OS. The van der Waals surface area contributed by atoms with E-state index in [0.29, 0.717) is 0 Å². The minimum absolute atomic E-state index is 0.104. The van der Waals surface area contributed by atoms with Crippen molar-refractivity contribution >= 4 is 11.3 Å². The SMILES string of the molecule is CCC(NCCOC)(c1nccs1)C1CC1. The third-order valence-corrected chi connectivity index (χ3v) is 4.34. The van der Waals surface area contributed by atoms with Crippen molar-refractivity contribution in [1.29, 1.82) is 0 Å². The molecule has 0 aliphatic heterocycles. The van der Waals surface area contributed by atoms with Crippen LogP contribution in [0.3, 0.4) is 0 Å². The number of nitrogens with zero attached hydrogens (tertiary/aromatic N) is 1. The molecule has 0 saturated heterocycles. The first-order valence-corrected chi connectivity index (χ1v) is 6.85. The topological polar surface area (TPSA) is 34.1 Å². The van der Waals surface area contributed by atoms with Gasteiger partial charge in [-0.05, 0) is 25.2 Å². The Hall–Kier alpha value is -0.450. The van der Waals surface area contributed by atoms with E-state index in [1.54, 1.807) is 18.4 Å². The van der Waals surface area contributed by atoms with Crippen LogP contribution in [-0.2, 0) is 10.3 Å². The van der Waals surface area contributed by atoms with Gasteiger partial charge >= 0.3 is 0 Å². The molecule has 0 bridgehead atoms. The van der Waals surface area contributed by atoms with Crippen molar-refractivity contribution in [2.24, 2.45) is 5.92 Å². The number of rotatable bonds is 7. The number of hydrogen-bond donors (Lipinski definition) is 1. The van der Waals surface area contributed by atoms with Crippen molar-refractivity contribution in [1.82, 2.24) is 10.3 Å². The Balaban J connectivity index is 2.11. The molecule has 1 N–H and O–H groups in total. The van der Waals surface area contributed by atoms with Crippen molar-refractivity contribution in [3.05, 3.63) is 16.6 Å². The summed E-state index contributed by atoms with van der Waals surface area (Å²) >= 11 is 1.77. The van der Waals surface area contributed by atoms with Gasteiger partial charge in [0.25, 0.3) is 0 Å². The molecular weight excluding hydrogens is 220 g/mol. The lowest BCUT2D eigenvalue weighted by Crippen LogP contribution is -2.45. The quantitative estimate of drug-likeness (QED) is 0.743. The van der Waals surface area contributed by atoms with Crippen LogP contribution in [-0.4, -0.2) is 25.2 Å². The highest BCUT2D eigenvalue weighted by Crippen LogP contribution is 2.48. The molecule has 1 unspecified atom stereocenters. The number of thiazole rings is 1. The van der Waals surface area contributed by atoms with Gasteiger partial charge in [0.1, 0.15) is 5.01 Å². The number of nitrogens with one attached hydrogen (secondary N) is 1. The summed E-state index contributed by atoms with van der Waals surface area (Å²) in [7, 11) is 1.75. The number of ether oxygens (including phenoxy) is 1. The largest absolute Gasteiger partial charge is 0.383 e. The Morgan fingerprint density at radius 1 is 1.62 bits per heavy atom. The van der Waals surface area contributed by atoms with Gasteiger partial charge in [-0.15, -0.1) is 11.3 Å². The Morgan fingerprint density at radius 3 is 2.94 bits per heavy atom. The summed E-state index contributed by atoms with van der Waals surface area (Å²) < 4.78 is 5.12. The number of aromatic nitrogens is 1. The first-order chi connectivity index (χ1) is 7.83. The van der Waals surface area contributed by atoms with Crippen molar-refractivity contribution in [2.45, 2.75) is 31.7 Å². The average Bonchev–Trinajstić information content (AvgIpc) is 3.01. The van der Waals surface area contributed by atoms with Gasteiger partial charge in [-0.2, -0.15) is 0 Å². The average molecular weight is 240 g/mol. The summed E-state index contributed by atoms with van der Waals surface area (Å²) in [4.78, 5) is 4.51. The first kappa shape index (κ1) is 12.0. The van der Waals surface area contributed by atoms with Gasteiger partial charge in [0.2, 0.25) is 0 Å². The van der Waals surface area contributed by atoms with Crippen molar-refractivity contribution in [2.75, 3.05) is 20.3 Å². The predicted octanol–water partition coefficient (Wildman–Crippen LogP) is 2.39. The summed E-state index contributed by atoms with van der Waals surface area (Å²) in [6.45, 7) is 3.92. The van der Waals surface area contributed by atoms with E-state index >= 15 is 0 Å². The van der Waals surface area contributed by atoms with E-state index in [0.717, 1.165) is 25.5 Å². The first-order valence-electron chi connectivity index (χ1n) is 5.97. The zero-order chi connectivity index (χ0) is 11.4. The fourth-order valence-electron chi connectivity index (χ4n) is 2.36. The molecule has 0 aromatic carbocycles. The lowest BCUT2D eigenvalue weighted by atomic mass is 9.90. The van der Waals surface area contributed by atoms with Crippen LogP contribution < -0.4 is 5.32 Å². The van der Waals surface area contributed by atoms with Gasteiger partial charge in [0, 0.05) is 25.2 Å². The summed E-state index contributed by atoms with van der Waals surface area (Å²) in [5.74, 6) is 0.764. The van der Waals surface area contributed by atoms with Crippen LogP contribution in [0.25, 0.3) is 0 Å². The fraction of sp³-hybridized carbons (Fsp3) is 0.750. The van der Waals surface area contributed by atoms with E-state index in [-0.39, 0.29) is 5.54 Å². The Bertz CT molecular complexity index is 311. The summed E-state index contributed by atoms with van der Waals surface area (Å²) in [6, 6.07) is 0. The zero-order valence-corrected chi connectivity index (χ0v) is 10.8. The molecule has 1 atom stereocenters. The van der Waals surface area contributed by atoms with Crippen LogP contribution in [0.5, 0.6) is 0 Å². The van der Waals surface area contributed by atoms with Crippen molar-refractivity contribution < 1.29 is 4.74 Å². The second-order valence-electron chi connectivity index (χ2n) is 4.36. The number of methoxy groups -OCH3 is 1. The molecule has 16 heavy (non-hydrogen) atoms. The number of hydrogen-bond acceptors (Lipinski definition) is 4. The third kappa shape index (κ3) is 2.29. The smallest absolute Gasteiger partial charge is 0.113 e. The van der Waals surface area contributed by atoms with E-state index in [4.69, 9.17) is 4.74 Å². The van der Waals surface area contributed by atoms with Gasteiger partial charge in [-0.25, -0.2) is 4.98 Å². The molecule has 90 valence electrons. The van der Waals surface area contributed by atoms with Crippen LogP contribution in [0.1, 0.15) is 31.2 Å². The fourth-order valence-corrected chi connectivity index (χ4v) is 3.32. The third-order valence-electron chi connectivity index (χ3n) is 3.39. The maximum absolute atomic E-state index is 5.12. The van der Waals surface area contributed by atoms with Crippen LogP contribution in [0, 0.1) is 5.92 Å². The second-order valence-corrected chi connectivity index (χ2v) is 5.25. The lowest BCUT2D eigenvalue weighted by Gasteiger charge is -2.32. The van der Waals surface area contributed by atoms with Crippen LogP contribution in [0.2, 0.25) is 0 Å². The summed E-state index contributed by atoms with van der Waals surface area (Å²) in [6.07, 6.45) is 5.67. The van der Waals surface area contributed by atoms with Crippen molar-refractivity contribution in [3.63, 3.8) is 0 Å². The minimum Gasteiger partial charge on any atom is -0.383 e. The molecule has 4 heteroatoms. The van der Waals surface area contributed by atoms with E-state index < -0.39 is 0 Å². The Morgan fingerprint density at radius 2 is 2.44 bits per heavy atom. The molecule has 0 radical (unpaired) electrons. The van der Waals surface area contributed by atoms with Gasteiger partial charge in [-0.1, -0.05) is 6.92 Å². The highest BCUT2D eigenvalue weighted by Gasteiger charge is 2.46. The zero-order valence-electron chi connectivity index (χ0n) is 10.0. The molecule has 1 fully saturated rings. The maximum atomic E-state index is 5.12. The highest BCUT2D eigenvalue weighted by molar-refractivity contribution is 7.09. The van der Waals surface area contributed by atoms with E-state index in [1.807, 2.05) is 6.20 Å². The van der Waals surface area contributed by atoms with Crippen molar-refractivity contribution in [3.8, 4) is 0 Å². The van der Waals surface area contributed by atoms with E-state index in [2.05, 4.69) is 22.6 Å². The molecule has 2 rings (SSSR count). The van der Waals surface area contributed by atoms with E-state index in [9.17, 15) is 0 Å². The van der Waals surface area contributed by atoms with Gasteiger partial charge in [0.05, 0.1) is 12.1 Å². The minimum atomic E-state index is 0.104. The van der Waals surface area contributed by atoms with E-state index in [1.165, 1.54) is 17.8 Å². The summed E-state index contributed by atoms with van der Waals surface area (Å²) in [5, 5.41) is 6.98. The monoisotopic (exact) mass is 240 g/mol. The molecule has 1 aliphatic carbocycles. The molecule has 1 saturated carbocycles. The molecule has 3 nitrogen and oxygen atoms in total. The molecule has 1 aliphatic rings. The lowest BCUT2D eigenvalue weighted by molar-refractivity contribution is 0.174. The Labute approximate surface area is 101 Å². The Kier molecular flexibility index (Phi) is 3.95. The molecule has 1 aromatic heterocycles. The van der Waals surface area contributed by atoms with Gasteiger partial charge in [0.15, 0.2) is 0 Å². The van der Waals surface area contributed by atoms with Crippen LogP contribution in [0.15, 0.2) is 11.6 Å². The normalized spacial score (nSPS) is 19.6. The molecule has 0 spiro atoms.